The highest BCUT2D eigenvalue weighted by Gasteiger charge is 2.57. The van der Waals surface area contributed by atoms with E-state index in [4.69, 9.17) is 0 Å². The summed E-state index contributed by atoms with van der Waals surface area (Å²) in [7, 11) is 0. The second-order valence-electron chi connectivity index (χ2n) is 6.20. The number of hydrogen-bond acceptors (Lipinski definition) is 3. The Morgan fingerprint density at radius 2 is 2.05 bits per heavy atom. The molecule has 0 radical (unpaired) electrons. The first kappa shape index (κ1) is 14.9. The van der Waals surface area contributed by atoms with E-state index in [-0.39, 0.29) is 5.91 Å². The van der Waals surface area contributed by atoms with Crippen LogP contribution in [0, 0.1) is 11.3 Å². The maximum absolute atomic E-state index is 12.2. The molecule has 1 atom stereocenters. The lowest BCUT2D eigenvalue weighted by atomic mass is 9.92. The van der Waals surface area contributed by atoms with Crippen molar-refractivity contribution < 1.29 is 4.79 Å². The van der Waals surface area contributed by atoms with Crippen molar-refractivity contribution in [3.63, 3.8) is 0 Å². The topological polar surface area (TPSA) is 41.1 Å². The normalized spacial score (nSPS) is 23.0. The summed E-state index contributed by atoms with van der Waals surface area (Å²) in [6.07, 6.45) is 3.46. The van der Waals surface area contributed by atoms with Gasteiger partial charge in [0.2, 0.25) is 5.91 Å². The largest absolute Gasteiger partial charge is 0.355 e. The fraction of sp³-hybridized carbons (Fsp3) is 0.588. The highest BCUT2D eigenvalue weighted by molar-refractivity contribution is 7.98. The summed E-state index contributed by atoms with van der Waals surface area (Å²) >= 11 is 1.88. The Morgan fingerprint density at radius 3 is 2.81 bits per heavy atom. The highest BCUT2D eigenvalue weighted by atomic mass is 32.2. The van der Waals surface area contributed by atoms with Gasteiger partial charge in [0.05, 0.1) is 0 Å². The minimum absolute atomic E-state index is 0.289. The summed E-state index contributed by atoms with van der Waals surface area (Å²) in [5.74, 6) is 2.59. The Bertz CT molecular complexity index is 471. The minimum atomic E-state index is 0.289. The van der Waals surface area contributed by atoms with Crippen LogP contribution in [0.4, 0.5) is 0 Å². The number of hydrogen-bond donors (Lipinski definition) is 2. The van der Waals surface area contributed by atoms with E-state index in [1.807, 2.05) is 17.8 Å². The molecule has 3 rings (SSSR count). The van der Waals surface area contributed by atoms with Crippen molar-refractivity contribution in [2.24, 2.45) is 11.3 Å². The van der Waals surface area contributed by atoms with Crippen LogP contribution < -0.4 is 10.6 Å². The summed E-state index contributed by atoms with van der Waals surface area (Å²) in [5.41, 5.74) is 1.71. The minimum Gasteiger partial charge on any atom is -0.355 e. The van der Waals surface area contributed by atoms with Gasteiger partial charge in [-0.15, -0.1) is 0 Å². The van der Waals surface area contributed by atoms with Crippen molar-refractivity contribution >= 4 is 17.7 Å². The molecular weight excluding hydrogens is 280 g/mol. The van der Waals surface area contributed by atoms with Crippen LogP contribution in [0.25, 0.3) is 0 Å². The Hall–Kier alpha value is -1.00. The van der Waals surface area contributed by atoms with Crippen molar-refractivity contribution in [1.29, 1.82) is 0 Å². The molecule has 0 bridgehead atoms. The van der Waals surface area contributed by atoms with Gasteiger partial charge >= 0.3 is 0 Å². The Labute approximate surface area is 131 Å². The molecule has 0 aromatic heterocycles. The van der Waals surface area contributed by atoms with Gasteiger partial charge in [-0.1, -0.05) is 30.3 Å². The van der Waals surface area contributed by atoms with Crippen LogP contribution in [-0.2, 0) is 10.5 Å². The van der Waals surface area contributed by atoms with Crippen LogP contribution in [0.3, 0.4) is 0 Å². The molecule has 2 fully saturated rings. The molecule has 0 unspecified atom stereocenters. The van der Waals surface area contributed by atoms with Gasteiger partial charge in [0, 0.05) is 24.0 Å². The average Bonchev–Trinajstić information content (AvgIpc) is 3.22. The number of amides is 1. The number of rotatable bonds is 6. The van der Waals surface area contributed by atoms with Crippen LogP contribution in [0.2, 0.25) is 0 Å². The number of carbonyl (C=O) groups is 1. The molecule has 1 heterocycles. The quantitative estimate of drug-likeness (QED) is 0.793. The van der Waals surface area contributed by atoms with Gasteiger partial charge in [0.25, 0.3) is 0 Å². The van der Waals surface area contributed by atoms with Crippen LogP contribution in [0.15, 0.2) is 30.3 Å². The molecule has 2 aliphatic rings. The summed E-state index contributed by atoms with van der Waals surface area (Å²) in [4.78, 5) is 12.2. The third-order valence-corrected chi connectivity index (χ3v) is 5.79. The number of thioether (sulfide) groups is 1. The van der Waals surface area contributed by atoms with Gasteiger partial charge in [-0.25, -0.2) is 0 Å². The van der Waals surface area contributed by atoms with Gasteiger partial charge in [-0.05, 0) is 43.3 Å². The lowest BCUT2D eigenvalue weighted by Gasteiger charge is -2.23. The number of nitrogens with one attached hydrogen (secondary N) is 2. The first-order chi connectivity index (χ1) is 10.3. The molecule has 1 aliphatic carbocycles. The lowest BCUT2D eigenvalue weighted by Crippen LogP contribution is -2.34. The van der Waals surface area contributed by atoms with Crippen LogP contribution in [0.1, 0.15) is 24.8 Å². The van der Waals surface area contributed by atoms with Crippen molar-refractivity contribution in [1.82, 2.24) is 10.6 Å². The molecule has 1 aromatic carbocycles. The molecule has 1 spiro atoms. The number of carbonyl (C=O) groups excluding carboxylic acids is 1. The van der Waals surface area contributed by atoms with Crippen LogP contribution >= 0.6 is 11.8 Å². The smallest absolute Gasteiger partial charge is 0.223 e. The Kier molecular flexibility index (Phi) is 4.86. The molecule has 21 heavy (non-hydrogen) atoms. The van der Waals surface area contributed by atoms with E-state index in [0.717, 1.165) is 37.6 Å². The third kappa shape index (κ3) is 3.80. The molecule has 1 aliphatic heterocycles. The first-order valence-corrected chi connectivity index (χ1v) is 9.06. The SMILES string of the molecule is O=C(NCCSCc1ccccc1)[C@@H]1CC12CCNCC2. The summed E-state index contributed by atoms with van der Waals surface area (Å²) in [6, 6.07) is 10.5. The van der Waals surface area contributed by atoms with Gasteiger partial charge in [-0.3, -0.25) is 4.79 Å². The highest BCUT2D eigenvalue weighted by Crippen LogP contribution is 2.58. The third-order valence-electron chi connectivity index (χ3n) is 4.76. The standard InChI is InChI=1S/C17H24N2OS/c20-16(15-12-17(15)6-8-18-9-7-17)19-10-11-21-13-14-4-2-1-3-5-14/h1-5,15,18H,6-13H2,(H,19,20)/t15-/m0/s1. The van der Waals surface area contributed by atoms with Gasteiger partial charge in [0.15, 0.2) is 0 Å². The molecule has 4 heteroatoms. The fourth-order valence-corrected chi connectivity index (χ4v) is 4.15. The Morgan fingerprint density at radius 1 is 1.29 bits per heavy atom. The summed E-state index contributed by atoms with van der Waals surface area (Å²) < 4.78 is 0. The zero-order chi connectivity index (χ0) is 14.5. The van der Waals surface area contributed by atoms with Crippen molar-refractivity contribution in [3.8, 4) is 0 Å². The zero-order valence-electron chi connectivity index (χ0n) is 12.4. The number of piperidine rings is 1. The van der Waals surface area contributed by atoms with Crippen LogP contribution in [0.5, 0.6) is 0 Å². The second-order valence-corrected chi connectivity index (χ2v) is 7.30. The molecule has 3 nitrogen and oxygen atoms in total. The second kappa shape index (κ2) is 6.84. The summed E-state index contributed by atoms with van der Waals surface area (Å²) in [5, 5.41) is 6.50. The van der Waals surface area contributed by atoms with E-state index in [1.54, 1.807) is 0 Å². The lowest BCUT2D eigenvalue weighted by molar-refractivity contribution is -0.123. The van der Waals surface area contributed by atoms with Crippen molar-refractivity contribution in [2.75, 3.05) is 25.4 Å². The van der Waals surface area contributed by atoms with Gasteiger partial charge in [0.1, 0.15) is 0 Å². The van der Waals surface area contributed by atoms with Crippen molar-refractivity contribution in [3.05, 3.63) is 35.9 Å². The van der Waals surface area contributed by atoms with E-state index in [2.05, 4.69) is 34.9 Å². The van der Waals surface area contributed by atoms with E-state index in [9.17, 15) is 4.79 Å². The van der Waals surface area contributed by atoms with E-state index in [0.29, 0.717) is 11.3 Å². The molecule has 1 saturated carbocycles. The van der Waals surface area contributed by atoms with E-state index >= 15 is 0 Å². The molecule has 1 saturated heterocycles. The molecule has 1 amide bonds. The van der Waals surface area contributed by atoms with E-state index in [1.165, 1.54) is 18.4 Å². The van der Waals surface area contributed by atoms with Gasteiger partial charge < -0.3 is 10.6 Å². The fourth-order valence-electron chi connectivity index (χ4n) is 3.33. The number of benzene rings is 1. The monoisotopic (exact) mass is 304 g/mol. The molecule has 2 N–H and O–H groups in total. The summed E-state index contributed by atoms with van der Waals surface area (Å²) in [6.45, 7) is 2.95. The van der Waals surface area contributed by atoms with Gasteiger partial charge in [-0.2, -0.15) is 11.8 Å². The van der Waals surface area contributed by atoms with Crippen molar-refractivity contribution in [2.45, 2.75) is 25.0 Å². The molecule has 1 aromatic rings. The predicted molar refractivity (Wildman–Crippen MR) is 88.3 cm³/mol. The van der Waals surface area contributed by atoms with Crippen LogP contribution in [-0.4, -0.2) is 31.3 Å². The zero-order valence-corrected chi connectivity index (χ0v) is 13.3. The average molecular weight is 304 g/mol. The first-order valence-electron chi connectivity index (χ1n) is 7.90. The maximum atomic E-state index is 12.2. The molecule has 114 valence electrons. The predicted octanol–water partition coefficient (Wildman–Crippen LogP) is 2.43. The van der Waals surface area contributed by atoms with E-state index < -0.39 is 0 Å². The maximum Gasteiger partial charge on any atom is 0.223 e. The Balaban J connectivity index is 1.30. The molecular formula is C17H24N2OS.